The minimum atomic E-state index is -0.0395. The van der Waals surface area contributed by atoms with E-state index in [9.17, 15) is 0 Å². The highest BCUT2D eigenvalue weighted by Gasteiger charge is 2.24. The van der Waals surface area contributed by atoms with Gasteiger partial charge in [-0.25, -0.2) is 0 Å². The summed E-state index contributed by atoms with van der Waals surface area (Å²) in [5.74, 6) is 0.873. The summed E-state index contributed by atoms with van der Waals surface area (Å²) in [6.07, 6.45) is 0.538. The van der Waals surface area contributed by atoms with E-state index in [0.717, 1.165) is 30.9 Å². The molecule has 2 N–H and O–H groups in total. The molecule has 0 aliphatic carbocycles. The monoisotopic (exact) mass is 278 g/mol. The summed E-state index contributed by atoms with van der Waals surface area (Å²) in [4.78, 5) is 2.38. The number of benzene rings is 1. The second kappa shape index (κ2) is 6.57. The van der Waals surface area contributed by atoms with Crippen molar-refractivity contribution < 1.29 is 9.47 Å². The van der Waals surface area contributed by atoms with Crippen molar-refractivity contribution >= 4 is 0 Å². The van der Waals surface area contributed by atoms with Crippen molar-refractivity contribution in [2.75, 3.05) is 26.7 Å². The molecule has 1 aromatic rings. The number of nitrogens with zero attached hydrogens (tertiary/aromatic N) is 1. The molecule has 0 spiro atoms. The second-order valence-electron chi connectivity index (χ2n) is 5.83. The van der Waals surface area contributed by atoms with Crippen LogP contribution in [0.25, 0.3) is 0 Å². The third kappa shape index (κ3) is 3.72. The van der Waals surface area contributed by atoms with Crippen LogP contribution in [-0.4, -0.2) is 43.9 Å². The molecule has 0 aromatic heterocycles. The molecule has 3 unspecified atom stereocenters. The summed E-state index contributed by atoms with van der Waals surface area (Å²) in [6, 6.07) is 6.13. The summed E-state index contributed by atoms with van der Waals surface area (Å²) in [5.41, 5.74) is 8.69. The summed E-state index contributed by atoms with van der Waals surface area (Å²) >= 11 is 0. The predicted molar refractivity (Wildman–Crippen MR) is 81.1 cm³/mol. The lowest BCUT2D eigenvalue weighted by atomic mass is 10.0. The average molecular weight is 278 g/mol. The zero-order valence-electron chi connectivity index (χ0n) is 12.9. The maximum atomic E-state index is 6.40. The molecular weight excluding hydrogens is 252 g/mol. The first kappa shape index (κ1) is 15.3. The normalized spacial score (nSPS) is 25.4. The third-order valence-electron chi connectivity index (χ3n) is 3.73. The van der Waals surface area contributed by atoms with Crippen LogP contribution in [0.3, 0.4) is 0 Å². The van der Waals surface area contributed by atoms with Crippen LogP contribution in [0.2, 0.25) is 0 Å². The van der Waals surface area contributed by atoms with Crippen molar-refractivity contribution in [3.63, 3.8) is 0 Å². The average Bonchev–Trinajstić information content (AvgIpc) is 2.37. The summed E-state index contributed by atoms with van der Waals surface area (Å²) in [5, 5.41) is 0. The molecule has 0 bridgehead atoms. The van der Waals surface area contributed by atoms with Gasteiger partial charge < -0.3 is 15.2 Å². The van der Waals surface area contributed by atoms with Crippen LogP contribution < -0.4 is 10.5 Å². The van der Waals surface area contributed by atoms with Crippen molar-refractivity contribution in [1.82, 2.24) is 4.90 Å². The van der Waals surface area contributed by atoms with E-state index in [2.05, 4.69) is 31.7 Å². The van der Waals surface area contributed by atoms with E-state index >= 15 is 0 Å². The number of methoxy groups -OCH3 is 1. The number of hydrogen-bond donors (Lipinski definition) is 1. The van der Waals surface area contributed by atoms with Gasteiger partial charge in [-0.2, -0.15) is 0 Å². The minimum absolute atomic E-state index is 0.0395. The molecule has 112 valence electrons. The Bertz CT molecular complexity index is 440. The SMILES string of the molecule is COc1ccc(C)cc1C(N)CN1CC(C)OC(C)C1. The number of aryl methyl sites for hydroxylation is 1. The molecule has 2 rings (SSSR count). The Hall–Kier alpha value is -1.10. The second-order valence-corrected chi connectivity index (χ2v) is 5.83. The lowest BCUT2D eigenvalue weighted by Gasteiger charge is -2.36. The van der Waals surface area contributed by atoms with Crippen LogP contribution in [0.5, 0.6) is 5.75 Å². The van der Waals surface area contributed by atoms with E-state index in [1.165, 1.54) is 5.56 Å². The number of hydrogen-bond acceptors (Lipinski definition) is 4. The molecule has 4 nitrogen and oxygen atoms in total. The molecule has 1 aromatic carbocycles. The predicted octanol–water partition coefficient (Wildman–Crippen LogP) is 2.11. The van der Waals surface area contributed by atoms with Gasteiger partial charge in [-0.1, -0.05) is 17.7 Å². The van der Waals surface area contributed by atoms with E-state index in [1.807, 2.05) is 12.1 Å². The first-order valence-corrected chi connectivity index (χ1v) is 7.27. The zero-order valence-corrected chi connectivity index (χ0v) is 12.9. The van der Waals surface area contributed by atoms with Crippen molar-refractivity contribution in [1.29, 1.82) is 0 Å². The Morgan fingerprint density at radius 3 is 2.60 bits per heavy atom. The van der Waals surface area contributed by atoms with Crippen molar-refractivity contribution in [3.05, 3.63) is 29.3 Å². The van der Waals surface area contributed by atoms with Gasteiger partial charge in [-0.3, -0.25) is 4.90 Å². The highest BCUT2D eigenvalue weighted by molar-refractivity contribution is 5.39. The highest BCUT2D eigenvalue weighted by Crippen LogP contribution is 2.26. The van der Waals surface area contributed by atoms with E-state index in [0.29, 0.717) is 0 Å². The minimum Gasteiger partial charge on any atom is -0.496 e. The molecular formula is C16H26N2O2. The van der Waals surface area contributed by atoms with Gasteiger partial charge >= 0.3 is 0 Å². The molecule has 20 heavy (non-hydrogen) atoms. The zero-order chi connectivity index (χ0) is 14.7. The lowest BCUT2D eigenvalue weighted by molar-refractivity contribution is -0.0692. The van der Waals surface area contributed by atoms with Gasteiger partial charge in [-0.05, 0) is 26.8 Å². The van der Waals surface area contributed by atoms with Gasteiger partial charge in [-0.15, -0.1) is 0 Å². The molecule has 0 radical (unpaired) electrons. The third-order valence-corrected chi connectivity index (χ3v) is 3.73. The van der Waals surface area contributed by atoms with Gasteiger partial charge in [0.1, 0.15) is 5.75 Å². The standard InChI is InChI=1S/C16H26N2O2/c1-11-5-6-16(19-4)14(7-11)15(17)10-18-8-12(2)20-13(3)9-18/h5-7,12-13,15H,8-10,17H2,1-4H3. The Labute approximate surface area is 121 Å². The first-order chi connectivity index (χ1) is 9.49. The molecule has 4 heteroatoms. The highest BCUT2D eigenvalue weighted by atomic mass is 16.5. The van der Waals surface area contributed by atoms with Crippen LogP contribution in [0.4, 0.5) is 0 Å². The fourth-order valence-electron chi connectivity index (χ4n) is 2.95. The van der Waals surface area contributed by atoms with E-state index in [1.54, 1.807) is 7.11 Å². The van der Waals surface area contributed by atoms with Crippen LogP contribution in [0.15, 0.2) is 18.2 Å². The maximum Gasteiger partial charge on any atom is 0.123 e. The van der Waals surface area contributed by atoms with Crippen LogP contribution in [-0.2, 0) is 4.74 Å². The van der Waals surface area contributed by atoms with E-state index in [-0.39, 0.29) is 18.2 Å². The first-order valence-electron chi connectivity index (χ1n) is 7.27. The van der Waals surface area contributed by atoms with Crippen molar-refractivity contribution in [2.24, 2.45) is 5.73 Å². The van der Waals surface area contributed by atoms with E-state index in [4.69, 9.17) is 15.2 Å². The van der Waals surface area contributed by atoms with Crippen molar-refractivity contribution in [3.8, 4) is 5.75 Å². The molecule has 1 saturated heterocycles. The Morgan fingerprint density at radius 1 is 1.35 bits per heavy atom. The van der Waals surface area contributed by atoms with Gasteiger partial charge in [0.05, 0.1) is 19.3 Å². The van der Waals surface area contributed by atoms with Crippen LogP contribution in [0, 0.1) is 6.92 Å². The lowest BCUT2D eigenvalue weighted by Crippen LogP contribution is -2.47. The number of ether oxygens (including phenoxy) is 2. The molecule has 1 fully saturated rings. The van der Waals surface area contributed by atoms with E-state index < -0.39 is 0 Å². The fraction of sp³-hybridized carbons (Fsp3) is 0.625. The Balaban J connectivity index is 2.07. The molecule has 0 saturated carbocycles. The Kier molecular flexibility index (Phi) is 5.02. The summed E-state index contributed by atoms with van der Waals surface area (Å²) < 4.78 is 11.2. The maximum absolute atomic E-state index is 6.40. The van der Waals surface area contributed by atoms with Crippen LogP contribution >= 0.6 is 0 Å². The number of morpholine rings is 1. The topological polar surface area (TPSA) is 47.7 Å². The van der Waals surface area contributed by atoms with Gasteiger partial charge in [0.15, 0.2) is 0 Å². The fourth-order valence-corrected chi connectivity index (χ4v) is 2.95. The molecule has 0 amide bonds. The molecule has 1 aliphatic rings. The summed E-state index contributed by atoms with van der Waals surface area (Å²) in [6.45, 7) is 9.01. The van der Waals surface area contributed by atoms with Gasteiger partial charge in [0.2, 0.25) is 0 Å². The quantitative estimate of drug-likeness (QED) is 0.916. The molecule has 3 atom stereocenters. The Morgan fingerprint density at radius 2 is 2.00 bits per heavy atom. The molecule has 1 aliphatic heterocycles. The molecule has 1 heterocycles. The van der Waals surface area contributed by atoms with Crippen molar-refractivity contribution in [2.45, 2.75) is 39.0 Å². The smallest absolute Gasteiger partial charge is 0.123 e. The summed E-state index contributed by atoms with van der Waals surface area (Å²) in [7, 11) is 1.69. The number of rotatable bonds is 4. The van der Waals surface area contributed by atoms with Gasteiger partial charge in [0, 0.05) is 31.2 Å². The number of nitrogens with two attached hydrogens (primary N) is 1. The largest absolute Gasteiger partial charge is 0.496 e. The van der Waals surface area contributed by atoms with Gasteiger partial charge in [0.25, 0.3) is 0 Å². The van der Waals surface area contributed by atoms with Crippen LogP contribution in [0.1, 0.15) is 31.0 Å².